The highest BCUT2D eigenvalue weighted by molar-refractivity contribution is 5.31. The predicted octanol–water partition coefficient (Wildman–Crippen LogP) is 3.47. The number of hydrogen-bond donors (Lipinski definition) is 0. The standard InChI is InChI=1S/C21H25N5/c1-2-6-18(7-3-1)8-4-13-25-14-5-9-19(16-25)20-21(24-11-10-23-20)26-15-12-22-17-26/h1-3,6-7,10-12,15,17,19H,4-5,8-9,13-14,16H2. The molecule has 1 aliphatic rings. The number of likely N-dealkylation sites (tertiary alicyclic amines) is 1. The zero-order chi connectivity index (χ0) is 17.6. The highest BCUT2D eigenvalue weighted by Gasteiger charge is 2.25. The van der Waals surface area contributed by atoms with E-state index in [0.717, 1.165) is 31.0 Å². The zero-order valence-electron chi connectivity index (χ0n) is 15.0. The SMILES string of the molecule is c1ccc(CCCN2CCCC(c3nccnc3-n3ccnc3)C2)cc1. The molecule has 0 N–H and O–H groups in total. The van der Waals surface area contributed by atoms with Crippen LogP contribution in [0.5, 0.6) is 0 Å². The van der Waals surface area contributed by atoms with Gasteiger partial charge < -0.3 is 4.90 Å². The second-order valence-corrected chi connectivity index (χ2v) is 6.96. The predicted molar refractivity (Wildman–Crippen MR) is 102 cm³/mol. The lowest BCUT2D eigenvalue weighted by Gasteiger charge is -2.33. The van der Waals surface area contributed by atoms with Gasteiger partial charge >= 0.3 is 0 Å². The second kappa shape index (κ2) is 8.23. The van der Waals surface area contributed by atoms with Crippen molar-refractivity contribution >= 4 is 0 Å². The van der Waals surface area contributed by atoms with Crippen molar-refractivity contribution in [2.75, 3.05) is 19.6 Å². The van der Waals surface area contributed by atoms with Gasteiger partial charge in [-0.25, -0.2) is 9.97 Å². The maximum atomic E-state index is 4.68. The molecule has 0 amide bonds. The summed E-state index contributed by atoms with van der Waals surface area (Å²) in [4.78, 5) is 16.0. The minimum Gasteiger partial charge on any atom is -0.303 e. The Bertz CT molecular complexity index is 800. The molecule has 1 aliphatic heterocycles. The zero-order valence-corrected chi connectivity index (χ0v) is 15.0. The van der Waals surface area contributed by atoms with Crippen molar-refractivity contribution in [1.82, 2.24) is 24.4 Å². The number of aromatic nitrogens is 4. The van der Waals surface area contributed by atoms with Crippen LogP contribution >= 0.6 is 0 Å². The van der Waals surface area contributed by atoms with Crippen molar-refractivity contribution in [3.8, 4) is 5.82 Å². The van der Waals surface area contributed by atoms with Gasteiger partial charge in [-0.1, -0.05) is 30.3 Å². The van der Waals surface area contributed by atoms with Crippen molar-refractivity contribution in [1.29, 1.82) is 0 Å². The molecule has 0 aliphatic carbocycles. The van der Waals surface area contributed by atoms with E-state index >= 15 is 0 Å². The molecule has 26 heavy (non-hydrogen) atoms. The minimum absolute atomic E-state index is 0.437. The van der Waals surface area contributed by atoms with Crippen LogP contribution < -0.4 is 0 Å². The molecule has 0 radical (unpaired) electrons. The molecule has 134 valence electrons. The van der Waals surface area contributed by atoms with E-state index in [4.69, 9.17) is 0 Å². The molecule has 1 unspecified atom stereocenters. The summed E-state index contributed by atoms with van der Waals surface area (Å²) < 4.78 is 1.97. The first-order valence-electron chi connectivity index (χ1n) is 9.45. The second-order valence-electron chi connectivity index (χ2n) is 6.96. The van der Waals surface area contributed by atoms with Gasteiger partial charge in [0.2, 0.25) is 0 Å². The van der Waals surface area contributed by atoms with E-state index in [-0.39, 0.29) is 0 Å². The quantitative estimate of drug-likeness (QED) is 0.685. The largest absolute Gasteiger partial charge is 0.303 e. The lowest BCUT2D eigenvalue weighted by molar-refractivity contribution is 0.204. The van der Waals surface area contributed by atoms with Gasteiger partial charge in [-0.05, 0) is 44.3 Å². The Balaban J connectivity index is 1.40. The first-order chi connectivity index (χ1) is 12.9. The molecule has 3 aromatic rings. The Morgan fingerprint density at radius 3 is 2.77 bits per heavy atom. The molecule has 1 atom stereocenters. The summed E-state index contributed by atoms with van der Waals surface area (Å²) in [5.41, 5.74) is 2.52. The molecule has 0 saturated carbocycles. The molecular formula is C21H25N5. The number of aryl methyl sites for hydroxylation is 1. The van der Waals surface area contributed by atoms with E-state index in [1.807, 2.05) is 17.0 Å². The van der Waals surface area contributed by atoms with Crippen molar-refractivity contribution in [3.05, 3.63) is 72.7 Å². The summed E-state index contributed by atoms with van der Waals surface area (Å²) in [5, 5.41) is 0. The van der Waals surface area contributed by atoms with Gasteiger partial charge in [0.15, 0.2) is 5.82 Å². The van der Waals surface area contributed by atoms with Gasteiger partial charge in [-0.2, -0.15) is 0 Å². The van der Waals surface area contributed by atoms with Gasteiger partial charge in [-0.15, -0.1) is 0 Å². The third-order valence-electron chi connectivity index (χ3n) is 5.13. The average Bonchev–Trinajstić information content (AvgIpc) is 3.24. The van der Waals surface area contributed by atoms with Crippen LogP contribution in [0.1, 0.15) is 36.4 Å². The molecule has 5 heteroatoms. The fourth-order valence-corrected chi connectivity index (χ4v) is 3.85. The van der Waals surface area contributed by atoms with Crippen LogP contribution in [0.15, 0.2) is 61.4 Å². The topological polar surface area (TPSA) is 46.8 Å². The lowest BCUT2D eigenvalue weighted by Crippen LogP contribution is -2.36. The molecule has 2 aromatic heterocycles. The molecule has 4 rings (SSSR count). The molecule has 0 bridgehead atoms. The summed E-state index contributed by atoms with van der Waals surface area (Å²) in [5.74, 6) is 1.35. The van der Waals surface area contributed by atoms with E-state index in [9.17, 15) is 0 Å². The van der Waals surface area contributed by atoms with Crippen LogP contribution in [0, 0.1) is 0 Å². The minimum atomic E-state index is 0.437. The highest BCUT2D eigenvalue weighted by Crippen LogP contribution is 2.28. The van der Waals surface area contributed by atoms with Crippen molar-refractivity contribution in [3.63, 3.8) is 0 Å². The Morgan fingerprint density at radius 1 is 1.04 bits per heavy atom. The number of rotatable bonds is 6. The van der Waals surface area contributed by atoms with Gasteiger partial charge in [0.05, 0.1) is 5.69 Å². The summed E-state index contributed by atoms with van der Waals surface area (Å²) in [7, 11) is 0. The van der Waals surface area contributed by atoms with Crippen LogP contribution in [-0.2, 0) is 6.42 Å². The van der Waals surface area contributed by atoms with Gasteiger partial charge in [-0.3, -0.25) is 9.55 Å². The summed E-state index contributed by atoms with van der Waals surface area (Å²) in [6, 6.07) is 10.8. The monoisotopic (exact) mass is 347 g/mol. The van der Waals surface area contributed by atoms with Crippen LogP contribution in [0.4, 0.5) is 0 Å². The Kier molecular flexibility index (Phi) is 5.36. The first-order valence-corrected chi connectivity index (χ1v) is 9.45. The van der Waals surface area contributed by atoms with Gasteiger partial charge in [0.25, 0.3) is 0 Å². The molecule has 3 heterocycles. The molecule has 1 fully saturated rings. The van der Waals surface area contributed by atoms with E-state index in [2.05, 4.69) is 50.2 Å². The third kappa shape index (κ3) is 3.99. The van der Waals surface area contributed by atoms with E-state index in [1.165, 1.54) is 31.4 Å². The van der Waals surface area contributed by atoms with E-state index < -0.39 is 0 Å². The summed E-state index contributed by atoms with van der Waals surface area (Å²) >= 11 is 0. The average molecular weight is 347 g/mol. The van der Waals surface area contributed by atoms with Gasteiger partial charge in [0.1, 0.15) is 6.33 Å². The number of hydrogen-bond acceptors (Lipinski definition) is 4. The van der Waals surface area contributed by atoms with Gasteiger partial charge in [0, 0.05) is 37.3 Å². The Labute approximate surface area is 154 Å². The summed E-state index contributed by atoms with van der Waals surface area (Å²) in [6.07, 6.45) is 13.8. The van der Waals surface area contributed by atoms with E-state index in [0.29, 0.717) is 5.92 Å². The fraction of sp³-hybridized carbons (Fsp3) is 0.381. The van der Waals surface area contributed by atoms with Crippen LogP contribution in [0.3, 0.4) is 0 Å². The number of imidazole rings is 1. The maximum absolute atomic E-state index is 4.68. The highest BCUT2D eigenvalue weighted by atomic mass is 15.1. The first kappa shape index (κ1) is 16.9. The van der Waals surface area contributed by atoms with Crippen molar-refractivity contribution < 1.29 is 0 Å². The Morgan fingerprint density at radius 2 is 1.92 bits per heavy atom. The lowest BCUT2D eigenvalue weighted by atomic mass is 9.94. The molecule has 5 nitrogen and oxygen atoms in total. The normalized spacial score (nSPS) is 18.1. The molecule has 1 saturated heterocycles. The molecule has 0 spiro atoms. The summed E-state index contributed by atoms with van der Waals surface area (Å²) in [6.45, 7) is 3.40. The molecular weight excluding hydrogens is 322 g/mol. The fourth-order valence-electron chi connectivity index (χ4n) is 3.85. The number of nitrogens with zero attached hydrogens (tertiary/aromatic N) is 5. The van der Waals surface area contributed by atoms with E-state index in [1.54, 1.807) is 18.7 Å². The number of piperidine rings is 1. The van der Waals surface area contributed by atoms with Crippen LogP contribution in [0.25, 0.3) is 5.82 Å². The molecule has 1 aromatic carbocycles. The Hall–Kier alpha value is -2.53. The maximum Gasteiger partial charge on any atom is 0.160 e. The smallest absolute Gasteiger partial charge is 0.160 e. The van der Waals surface area contributed by atoms with Crippen molar-refractivity contribution in [2.24, 2.45) is 0 Å². The van der Waals surface area contributed by atoms with Crippen LogP contribution in [0.2, 0.25) is 0 Å². The third-order valence-corrected chi connectivity index (χ3v) is 5.13. The number of benzene rings is 1. The van der Waals surface area contributed by atoms with Crippen LogP contribution in [-0.4, -0.2) is 44.1 Å². The van der Waals surface area contributed by atoms with Crippen molar-refractivity contribution in [2.45, 2.75) is 31.6 Å².